The molecule has 0 fully saturated rings. The molecule has 2 unspecified atom stereocenters. The molecule has 2 rings (SSSR count). The SMILES string of the molecule is COC(C)CCC(O)c1cccc2ccccc12. The van der Waals surface area contributed by atoms with Gasteiger partial charge in [0, 0.05) is 7.11 Å². The van der Waals surface area contributed by atoms with Crippen LogP contribution in [0.2, 0.25) is 0 Å². The van der Waals surface area contributed by atoms with Crippen molar-refractivity contribution in [3.05, 3.63) is 48.0 Å². The van der Waals surface area contributed by atoms with Crippen molar-refractivity contribution in [3.8, 4) is 0 Å². The van der Waals surface area contributed by atoms with Gasteiger partial charge in [0.2, 0.25) is 0 Å². The summed E-state index contributed by atoms with van der Waals surface area (Å²) in [5.41, 5.74) is 1.01. The first kappa shape index (κ1) is 13.1. The minimum absolute atomic E-state index is 0.189. The van der Waals surface area contributed by atoms with E-state index in [1.54, 1.807) is 7.11 Å². The van der Waals surface area contributed by atoms with Crippen LogP contribution in [0.5, 0.6) is 0 Å². The molecule has 0 aliphatic rings. The molecule has 0 heterocycles. The molecule has 0 saturated carbocycles. The molecule has 0 aliphatic heterocycles. The van der Waals surface area contributed by atoms with Crippen LogP contribution in [0, 0.1) is 0 Å². The molecule has 2 nitrogen and oxygen atoms in total. The van der Waals surface area contributed by atoms with Crippen molar-refractivity contribution < 1.29 is 9.84 Å². The van der Waals surface area contributed by atoms with E-state index in [0.29, 0.717) is 0 Å². The van der Waals surface area contributed by atoms with Crippen molar-refractivity contribution in [3.63, 3.8) is 0 Å². The molecule has 0 saturated heterocycles. The van der Waals surface area contributed by atoms with Crippen molar-refractivity contribution in [1.82, 2.24) is 0 Å². The van der Waals surface area contributed by atoms with Gasteiger partial charge in [0.05, 0.1) is 12.2 Å². The first-order chi connectivity index (χ1) is 8.72. The van der Waals surface area contributed by atoms with E-state index in [-0.39, 0.29) is 6.10 Å². The summed E-state index contributed by atoms with van der Waals surface area (Å²) in [6.45, 7) is 2.02. The largest absolute Gasteiger partial charge is 0.388 e. The molecule has 0 radical (unpaired) electrons. The van der Waals surface area contributed by atoms with E-state index in [1.165, 1.54) is 5.39 Å². The van der Waals surface area contributed by atoms with E-state index in [4.69, 9.17) is 4.74 Å². The summed E-state index contributed by atoms with van der Waals surface area (Å²) in [5, 5.41) is 12.6. The highest BCUT2D eigenvalue weighted by molar-refractivity contribution is 5.85. The van der Waals surface area contributed by atoms with Crippen LogP contribution >= 0.6 is 0 Å². The molecular formula is C16H20O2. The Kier molecular flexibility index (Phi) is 4.34. The van der Waals surface area contributed by atoms with Crippen molar-refractivity contribution in [2.45, 2.75) is 32.0 Å². The van der Waals surface area contributed by atoms with Crippen LogP contribution in [0.3, 0.4) is 0 Å². The van der Waals surface area contributed by atoms with Gasteiger partial charge < -0.3 is 9.84 Å². The first-order valence-corrected chi connectivity index (χ1v) is 6.41. The van der Waals surface area contributed by atoms with Crippen molar-refractivity contribution >= 4 is 10.8 Å². The van der Waals surface area contributed by atoms with Gasteiger partial charge in [0.1, 0.15) is 0 Å². The smallest absolute Gasteiger partial charge is 0.0797 e. The van der Waals surface area contributed by atoms with Crippen LogP contribution < -0.4 is 0 Å². The Balaban J connectivity index is 2.19. The van der Waals surface area contributed by atoms with Gasteiger partial charge in [-0.25, -0.2) is 0 Å². The Morgan fingerprint density at radius 1 is 1.06 bits per heavy atom. The molecule has 0 bridgehead atoms. The lowest BCUT2D eigenvalue weighted by Crippen LogP contribution is -2.08. The molecule has 1 N–H and O–H groups in total. The Labute approximate surface area is 108 Å². The lowest BCUT2D eigenvalue weighted by Gasteiger charge is -2.16. The molecular weight excluding hydrogens is 224 g/mol. The minimum atomic E-state index is -0.423. The minimum Gasteiger partial charge on any atom is -0.388 e. The second-order valence-corrected chi connectivity index (χ2v) is 4.71. The van der Waals surface area contributed by atoms with Crippen LogP contribution in [-0.4, -0.2) is 18.3 Å². The van der Waals surface area contributed by atoms with E-state index in [0.717, 1.165) is 23.8 Å². The quantitative estimate of drug-likeness (QED) is 0.869. The molecule has 2 aromatic rings. The number of ether oxygens (including phenoxy) is 1. The van der Waals surface area contributed by atoms with E-state index >= 15 is 0 Å². The van der Waals surface area contributed by atoms with Gasteiger partial charge in [-0.05, 0) is 36.1 Å². The number of benzene rings is 2. The van der Waals surface area contributed by atoms with Crippen LogP contribution in [0.25, 0.3) is 10.8 Å². The summed E-state index contributed by atoms with van der Waals surface area (Å²) < 4.78 is 5.21. The Morgan fingerprint density at radius 2 is 1.78 bits per heavy atom. The van der Waals surface area contributed by atoms with Gasteiger partial charge in [-0.2, -0.15) is 0 Å². The highest BCUT2D eigenvalue weighted by Crippen LogP contribution is 2.27. The van der Waals surface area contributed by atoms with Gasteiger partial charge >= 0.3 is 0 Å². The summed E-state index contributed by atoms with van der Waals surface area (Å²) in [5.74, 6) is 0. The van der Waals surface area contributed by atoms with Gasteiger partial charge in [-0.3, -0.25) is 0 Å². The monoisotopic (exact) mass is 244 g/mol. The standard InChI is InChI=1S/C16H20O2/c1-12(18-2)10-11-16(17)15-9-5-7-13-6-3-4-8-14(13)15/h3-9,12,16-17H,10-11H2,1-2H3. The summed E-state index contributed by atoms with van der Waals surface area (Å²) in [6, 6.07) is 14.2. The maximum atomic E-state index is 10.3. The zero-order valence-corrected chi connectivity index (χ0v) is 11.0. The lowest BCUT2D eigenvalue weighted by molar-refractivity contribution is 0.0855. The Hall–Kier alpha value is -1.38. The number of fused-ring (bicyclic) bond motifs is 1. The zero-order valence-electron chi connectivity index (χ0n) is 11.0. The van der Waals surface area contributed by atoms with E-state index in [1.807, 2.05) is 31.2 Å². The zero-order chi connectivity index (χ0) is 13.0. The van der Waals surface area contributed by atoms with Crippen molar-refractivity contribution in [1.29, 1.82) is 0 Å². The van der Waals surface area contributed by atoms with Crippen LogP contribution in [0.1, 0.15) is 31.4 Å². The second-order valence-electron chi connectivity index (χ2n) is 4.71. The summed E-state index contributed by atoms with van der Waals surface area (Å²) in [7, 11) is 1.70. The first-order valence-electron chi connectivity index (χ1n) is 6.41. The Morgan fingerprint density at radius 3 is 2.56 bits per heavy atom. The molecule has 2 aromatic carbocycles. The van der Waals surface area contributed by atoms with Gasteiger partial charge in [0.25, 0.3) is 0 Å². The molecule has 0 amide bonds. The number of hydrogen-bond donors (Lipinski definition) is 1. The van der Waals surface area contributed by atoms with Crippen LogP contribution in [0.4, 0.5) is 0 Å². The van der Waals surface area contributed by atoms with Crippen LogP contribution in [0.15, 0.2) is 42.5 Å². The number of aliphatic hydroxyl groups is 1. The number of rotatable bonds is 5. The predicted molar refractivity (Wildman–Crippen MR) is 74.6 cm³/mol. The fraction of sp³-hybridized carbons (Fsp3) is 0.375. The highest BCUT2D eigenvalue weighted by atomic mass is 16.5. The molecule has 2 atom stereocenters. The number of aliphatic hydroxyl groups excluding tert-OH is 1. The average molecular weight is 244 g/mol. The summed E-state index contributed by atoms with van der Waals surface area (Å²) in [4.78, 5) is 0. The molecule has 18 heavy (non-hydrogen) atoms. The van der Waals surface area contributed by atoms with Crippen LogP contribution in [-0.2, 0) is 4.74 Å². The van der Waals surface area contributed by atoms with Gasteiger partial charge in [-0.1, -0.05) is 42.5 Å². The topological polar surface area (TPSA) is 29.5 Å². The second kappa shape index (κ2) is 5.98. The fourth-order valence-corrected chi connectivity index (χ4v) is 2.21. The maximum Gasteiger partial charge on any atom is 0.0797 e. The number of methoxy groups -OCH3 is 1. The third-order valence-corrected chi connectivity index (χ3v) is 3.43. The van der Waals surface area contributed by atoms with Crippen molar-refractivity contribution in [2.24, 2.45) is 0 Å². The third-order valence-electron chi connectivity index (χ3n) is 3.43. The van der Waals surface area contributed by atoms with E-state index in [9.17, 15) is 5.11 Å². The lowest BCUT2D eigenvalue weighted by atomic mass is 9.97. The molecule has 96 valence electrons. The predicted octanol–water partition coefficient (Wildman–Crippen LogP) is 3.69. The molecule has 0 spiro atoms. The van der Waals surface area contributed by atoms with E-state index < -0.39 is 6.10 Å². The highest BCUT2D eigenvalue weighted by Gasteiger charge is 2.12. The van der Waals surface area contributed by atoms with Gasteiger partial charge in [-0.15, -0.1) is 0 Å². The molecule has 0 aliphatic carbocycles. The maximum absolute atomic E-state index is 10.3. The van der Waals surface area contributed by atoms with Gasteiger partial charge in [0.15, 0.2) is 0 Å². The molecule has 0 aromatic heterocycles. The van der Waals surface area contributed by atoms with Crippen molar-refractivity contribution in [2.75, 3.05) is 7.11 Å². The number of hydrogen-bond acceptors (Lipinski definition) is 2. The fourth-order valence-electron chi connectivity index (χ4n) is 2.21. The average Bonchev–Trinajstić information content (AvgIpc) is 2.43. The summed E-state index contributed by atoms with van der Waals surface area (Å²) in [6.07, 6.45) is 1.35. The summed E-state index contributed by atoms with van der Waals surface area (Å²) >= 11 is 0. The Bertz CT molecular complexity index is 502. The normalized spacial score (nSPS) is 14.6. The third kappa shape index (κ3) is 2.89. The van der Waals surface area contributed by atoms with E-state index in [2.05, 4.69) is 18.2 Å². The molecule has 2 heteroatoms.